The molecule has 25 heavy (non-hydrogen) atoms. The largest absolute Gasteiger partial charge is 0.348 e. The maximum absolute atomic E-state index is 12.5. The quantitative estimate of drug-likeness (QED) is 0.827. The van der Waals surface area contributed by atoms with Crippen molar-refractivity contribution >= 4 is 17.2 Å². The minimum Gasteiger partial charge on any atom is -0.348 e. The lowest BCUT2D eigenvalue weighted by Crippen LogP contribution is -2.37. The maximum atomic E-state index is 12.5. The van der Waals surface area contributed by atoms with Gasteiger partial charge in [-0.25, -0.2) is 0 Å². The molecule has 134 valence electrons. The van der Waals surface area contributed by atoms with E-state index in [1.807, 2.05) is 7.05 Å². The summed E-state index contributed by atoms with van der Waals surface area (Å²) in [5.74, 6) is 0.0797. The molecule has 1 heterocycles. The maximum Gasteiger partial charge on any atom is 0.234 e. The summed E-state index contributed by atoms with van der Waals surface area (Å²) < 4.78 is 0. The second kappa shape index (κ2) is 8.15. The van der Waals surface area contributed by atoms with Crippen LogP contribution in [0.15, 0.2) is 35.7 Å². The Kier molecular flexibility index (Phi) is 5.92. The lowest BCUT2D eigenvalue weighted by molar-refractivity contribution is -0.123. The van der Waals surface area contributed by atoms with Crippen LogP contribution >= 0.6 is 11.3 Å². The number of benzene rings is 1. The van der Waals surface area contributed by atoms with Crippen molar-refractivity contribution < 1.29 is 4.79 Å². The fraction of sp³-hybridized carbons (Fsp3) is 0.476. The number of aryl methyl sites for hydroxylation is 2. The van der Waals surface area contributed by atoms with Crippen LogP contribution in [0.4, 0.5) is 0 Å². The van der Waals surface area contributed by atoms with Crippen molar-refractivity contribution in [3.8, 4) is 0 Å². The van der Waals surface area contributed by atoms with E-state index in [2.05, 4.69) is 59.8 Å². The van der Waals surface area contributed by atoms with Gasteiger partial charge in [-0.3, -0.25) is 9.69 Å². The average Bonchev–Trinajstić information content (AvgIpc) is 3.15. The fourth-order valence-electron chi connectivity index (χ4n) is 3.50. The molecular formula is C21H28N2OS. The Labute approximate surface area is 155 Å². The van der Waals surface area contributed by atoms with E-state index in [4.69, 9.17) is 0 Å². The normalized spacial score (nSPS) is 16.3. The van der Waals surface area contributed by atoms with Gasteiger partial charge in [0.25, 0.3) is 0 Å². The number of nitrogens with one attached hydrogen (secondary N) is 1. The number of carbonyl (C=O) groups excluding carboxylic acids is 1. The van der Waals surface area contributed by atoms with Crippen molar-refractivity contribution in [3.63, 3.8) is 0 Å². The first-order valence-electron chi connectivity index (χ1n) is 9.19. The molecule has 0 saturated carbocycles. The van der Waals surface area contributed by atoms with Crippen molar-refractivity contribution in [3.05, 3.63) is 57.3 Å². The standard InChI is InChI=1S/C21H28N2OS/c1-15(18-11-10-17-7-4-5-8-19(17)13-18)22-21(24)14-23(3)16(2)20-9-6-12-25-20/h6,9-13,15-16H,4-5,7-8,14H2,1-3H3,(H,22,24)/t15-,16+/m1/s1. The highest BCUT2D eigenvalue weighted by molar-refractivity contribution is 7.10. The highest BCUT2D eigenvalue weighted by Gasteiger charge is 2.18. The number of nitrogens with zero attached hydrogens (tertiary/aromatic N) is 1. The number of carbonyl (C=O) groups is 1. The monoisotopic (exact) mass is 356 g/mol. The van der Waals surface area contributed by atoms with Crippen LogP contribution in [0.3, 0.4) is 0 Å². The zero-order valence-electron chi connectivity index (χ0n) is 15.4. The minimum absolute atomic E-state index is 0.0465. The van der Waals surface area contributed by atoms with Gasteiger partial charge in [-0.2, -0.15) is 0 Å². The zero-order chi connectivity index (χ0) is 17.8. The highest BCUT2D eigenvalue weighted by atomic mass is 32.1. The van der Waals surface area contributed by atoms with Crippen LogP contribution in [0.1, 0.15) is 60.3 Å². The van der Waals surface area contributed by atoms with E-state index in [0.717, 1.165) is 0 Å². The van der Waals surface area contributed by atoms with Crippen molar-refractivity contribution in [1.82, 2.24) is 10.2 Å². The van der Waals surface area contributed by atoms with E-state index in [9.17, 15) is 4.79 Å². The molecule has 2 atom stereocenters. The van der Waals surface area contributed by atoms with Crippen molar-refractivity contribution in [2.75, 3.05) is 13.6 Å². The van der Waals surface area contributed by atoms with Gasteiger partial charge in [-0.05, 0) is 74.7 Å². The summed E-state index contributed by atoms with van der Waals surface area (Å²) in [7, 11) is 2.01. The third-order valence-electron chi connectivity index (χ3n) is 5.26. The summed E-state index contributed by atoms with van der Waals surface area (Å²) >= 11 is 1.74. The third kappa shape index (κ3) is 4.50. The van der Waals surface area contributed by atoms with Gasteiger partial charge in [0.1, 0.15) is 0 Å². The summed E-state index contributed by atoms with van der Waals surface area (Å²) in [6.45, 7) is 4.63. The summed E-state index contributed by atoms with van der Waals surface area (Å²) in [6, 6.07) is 11.2. The van der Waals surface area contributed by atoms with Crippen LogP contribution in [-0.2, 0) is 17.6 Å². The van der Waals surface area contributed by atoms with E-state index in [-0.39, 0.29) is 18.0 Å². The summed E-state index contributed by atoms with van der Waals surface area (Å²) in [5.41, 5.74) is 4.16. The minimum atomic E-state index is 0.0465. The topological polar surface area (TPSA) is 32.3 Å². The number of rotatable bonds is 6. The molecular weight excluding hydrogens is 328 g/mol. The van der Waals surface area contributed by atoms with E-state index in [1.54, 1.807) is 11.3 Å². The van der Waals surface area contributed by atoms with Crippen molar-refractivity contribution in [1.29, 1.82) is 0 Å². The van der Waals surface area contributed by atoms with Crippen LogP contribution in [0.2, 0.25) is 0 Å². The summed E-state index contributed by atoms with van der Waals surface area (Å²) in [5, 5.41) is 5.24. The van der Waals surface area contributed by atoms with Crippen LogP contribution in [0.5, 0.6) is 0 Å². The number of amides is 1. The molecule has 1 amide bonds. The van der Waals surface area contributed by atoms with Gasteiger partial charge in [0.05, 0.1) is 12.6 Å². The summed E-state index contributed by atoms with van der Waals surface area (Å²) in [6.07, 6.45) is 4.95. The van der Waals surface area contributed by atoms with E-state index < -0.39 is 0 Å². The molecule has 0 saturated heterocycles. The van der Waals surface area contributed by atoms with Crippen LogP contribution in [-0.4, -0.2) is 24.4 Å². The lowest BCUT2D eigenvalue weighted by atomic mass is 9.89. The Hall–Kier alpha value is -1.65. The Bertz CT molecular complexity index is 711. The van der Waals surface area contributed by atoms with Crippen LogP contribution < -0.4 is 5.32 Å². The second-order valence-corrected chi connectivity index (χ2v) is 8.11. The molecule has 0 unspecified atom stereocenters. The van der Waals surface area contributed by atoms with E-state index >= 15 is 0 Å². The first-order valence-corrected chi connectivity index (χ1v) is 10.1. The van der Waals surface area contributed by atoms with Crippen molar-refractivity contribution in [2.45, 2.75) is 51.6 Å². The molecule has 0 bridgehead atoms. The third-order valence-corrected chi connectivity index (χ3v) is 6.30. The number of hydrogen-bond acceptors (Lipinski definition) is 3. The van der Waals surface area contributed by atoms with E-state index in [1.165, 1.54) is 47.3 Å². The first-order chi connectivity index (χ1) is 12.0. The van der Waals surface area contributed by atoms with Gasteiger partial charge >= 0.3 is 0 Å². The molecule has 0 fully saturated rings. The molecule has 0 radical (unpaired) electrons. The number of likely N-dealkylation sites (N-methyl/N-ethyl adjacent to an activating group) is 1. The molecule has 1 aromatic carbocycles. The smallest absolute Gasteiger partial charge is 0.234 e. The molecule has 3 rings (SSSR count). The molecule has 1 aliphatic carbocycles. The molecule has 4 heteroatoms. The highest BCUT2D eigenvalue weighted by Crippen LogP contribution is 2.25. The number of thiophene rings is 1. The molecule has 2 aromatic rings. The predicted molar refractivity (Wildman–Crippen MR) is 105 cm³/mol. The van der Waals surface area contributed by atoms with E-state index in [0.29, 0.717) is 6.54 Å². The Morgan fingerprint density at radius 2 is 1.96 bits per heavy atom. The number of hydrogen-bond donors (Lipinski definition) is 1. The van der Waals surface area contributed by atoms with Gasteiger partial charge < -0.3 is 5.32 Å². The van der Waals surface area contributed by atoms with Gasteiger partial charge in [-0.15, -0.1) is 11.3 Å². The first kappa shape index (κ1) is 18.2. The van der Waals surface area contributed by atoms with Gasteiger partial charge in [0.2, 0.25) is 5.91 Å². The van der Waals surface area contributed by atoms with Crippen molar-refractivity contribution in [2.24, 2.45) is 0 Å². The van der Waals surface area contributed by atoms with Crippen LogP contribution in [0.25, 0.3) is 0 Å². The molecule has 3 nitrogen and oxygen atoms in total. The summed E-state index contributed by atoms with van der Waals surface area (Å²) in [4.78, 5) is 15.8. The Balaban J connectivity index is 1.57. The lowest BCUT2D eigenvalue weighted by Gasteiger charge is -2.25. The van der Waals surface area contributed by atoms with Gasteiger partial charge in [-0.1, -0.05) is 24.3 Å². The molecule has 1 aliphatic rings. The SMILES string of the molecule is C[C@@H](NC(=O)CN(C)[C@@H](C)c1cccs1)c1ccc2c(c1)CCCC2. The second-order valence-electron chi connectivity index (χ2n) is 7.13. The fourth-order valence-corrected chi connectivity index (χ4v) is 4.35. The molecule has 0 aliphatic heterocycles. The molecule has 1 N–H and O–H groups in total. The van der Waals surface area contributed by atoms with Gasteiger partial charge in [0, 0.05) is 10.9 Å². The Morgan fingerprint density at radius 1 is 1.20 bits per heavy atom. The van der Waals surface area contributed by atoms with Crippen LogP contribution in [0, 0.1) is 0 Å². The molecule has 0 spiro atoms. The van der Waals surface area contributed by atoms with Gasteiger partial charge in [0.15, 0.2) is 0 Å². The number of fused-ring (bicyclic) bond motifs is 1. The average molecular weight is 357 g/mol. The Morgan fingerprint density at radius 3 is 2.68 bits per heavy atom. The zero-order valence-corrected chi connectivity index (χ0v) is 16.2. The molecule has 1 aromatic heterocycles. The predicted octanol–water partition coefficient (Wildman–Crippen LogP) is 4.50.